The molecule has 2 N–H and O–H groups in total. The van der Waals surface area contributed by atoms with Crippen molar-refractivity contribution in [2.24, 2.45) is 0 Å². The number of benzene rings is 4. The lowest BCUT2D eigenvalue weighted by atomic mass is 9.90. The van der Waals surface area contributed by atoms with Crippen molar-refractivity contribution in [1.82, 2.24) is 10.2 Å². The van der Waals surface area contributed by atoms with Gasteiger partial charge in [0.2, 0.25) is 5.91 Å². The van der Waals surface area contributed by atoms with Crippen LogP contribution in [-0.2, 0) is 4.79 Å². The highest BCUT2D eigenvalue weighted by atomic mass is 35.5. The largest absolute Gasteiger partial charge is 0.366 e. The van der Waals surface area contributed by atoms with Gasteiger partial charge >= 0.3 is 0 Å². The lowest BCUT2D eigenvalue weighted by molar-refractivity contribution is -0.120. The number of nitrogens with one attached hydrogen (secondary N) is 2. The number of para-hydroxylation sites is 2. The van der Waals surface area contributed by atoms with Crippen molar-refractivity contribution in [3.05, 3.63) is 131 Å². The van der Waals surface area contributed by atoms with Crippen LogP contribution in [0.1, 0.15) is 27.4 Å². The molecule has 6 nitrogen and oxygen atoms in total. The molecule has 0 aromatic heterocycles. The Kier molecular flexibility index (Phi) is 8.74. The number of hydrogen-bond acceptors (Lipinski definition) is 4. The van der Waals surface area contributed by atoms with Gasteiger partial charge in [0, 0.05) is 36.8 Å². The maximum atomic E-state index is 13.5. The molecule has 202 valence electrons. The molecule has 0 spiro atoms. The quantitative estimate of drug-likeness (QED) is 0.282. The Balaban J connectivity index is 1.24. The number of carbonyl (C=O) groups excluding carboxylic acids is 2. The van der Waals surface area contributed by atoms with E-state index >= 15 is 0 Å². The van der Waals surface area contributed by atoms with Gasteiger partial charge in [-0.1, -0.05) is 84.4 Å². The van der Waals surface area contributed by atoms with Gasteiger partial charge in [-0.2, -0.15) is 0 Å². The molecular weight excluding hydrogens is 540 g/mol. The summed E-state index contributed by atoms with van der Waals surface area (Å²) in [5, 5.41) is 6.96. The number of piperazine rings is 1. The summed E-state index contributed by atoms with van der Waals surface area (Å²) in [7, 11) is 0. The van der Waals surface area contributed by atoms with Crippen molar-refractivity contribution in [2.75, 3.05) is 36.4 Å². The normalized spacial score (nSPS) is 13.2. The summed E-state index contributed by atoms with van der Waals surface area (Å²) < 4.78 is 0. The Bertz CT molecular complexity index is 1430. The molecule has 2 amide bonds. The number of anilines is 2. The van der Waals surface area contributed by atoms with E-state index in [1.165, 1.54) is 0 Å². The minimum Gasteiger partial charge on any atom is -0.366 e. The van der Waals surface area contributed by atoms with Crippen LogP contribution in [0.3, 0.4) is 0 Å². The van der Waals surface area contributed by atoms with Crippen LogP contribution in [0.2, 0.25) is 5.02 Å². The fourth-order valence-corrected chi connectivity index (χ4v) is 5.24. The third-order valence-corrected chi connectivity index (χ3v) is 7.37. The number of hydrogen-bond donors (Lipinski definition) is 2. The van der Waals surface area contributed by atoms with Crippen molar-refractivity contribution >= 4 is 52.1 Å². The standard InChI is InChI=1S/C32H29ClN4O2S/c33-26-17-15-25(16-18-26)31(39)37-21-19-36(20-22-37)28-14-8-7-13-27(28)34-32(40)35-30(38)29(23-9-3-1-4-10-23)24-11-5-2-6-12-24/h1-18,29H,19-22H2,(H2,34,35,38,40). The lowest BCUT2D eigenvalue weighted by Gasteiger charge is -2.37. The van der Waals surface area contributed by atoms with E-state index in [-0.39, 0.29) is 16.9 Å². The van der Waals surface area contributed by atoms with Crippen LogP contribution in [0, 0.1) is 0 Å². The highest BCUT2D eigenvalue weighted by molar-refractivity contribution is 7.80. The Morgan fingerprint density at radius 2 is 1.27 bits per heavy atom. The van der Waals surface area contributed by atoms with Gasteiger partial charge in [0.15, 0.2) is 5.11 Å². The second-order valence-electron chi connectivity index (χ2n) is 9.50. The molecular formula is C32H29ClN4O2S. The molecule has 0 bridgehead atoms. The second-order valence-corrected chi connectivity index (χ2v) is 10.3. The van der Waals surface area contributed by atoms with Crippen molar-refractivity contribution in [2.45, 2.75) is 5.92 Å². The molecule has 1 fully saturated rings. The van der Waals surface area contributed by atoms with Crippen molar-refractivity contribution in [3.8, 4) is 0 Å². The Labute approximate surface area is 244 Å². The first kappa shape index (κ1) is 27.4. The van der Waals surface area contributed by atoms with Gasteiger partial charge in [-0.3, -0.25) is 9.59 Å². The third-order valence-electron chi connectivity index (χ3n) is 6.92. The zero-order valence-electron chi connectivity index (χ0n) is 21.8. The Morgan fingerprint density at radius 1 is 0.725 bits per heavy atom. The first-order valence-corrected chi connectivity index (χ1v) is 13.9. The predicted molar refractivity (Wildman–Crippen MR) is 165 cm³/mol. The van der Waals surface area contributed by atoms with E-state index in [2.05, 4.69) is 15.5 Å². The molecule has 0 radical (unpaired) electrons. The molecule has 0 aliphatic carbocycles. The van der Waals surface area contributed by atoms with Crippen LogP contribution in [0.25, 0.3) is 0 Å². The van der Waals surface area contributed by atoms with Gasteiger partial charge in [0.25, 0.3) is 5.91 Å². The molecule has 5 rings (SSSR count). The number of nitrogens with zero attached hydrogens (tertiary/aromatic N) is 2. The average molecular weight is 569 g/mol. The van der Waals surface area contributed by atoms with E-state index in [0.717, 1.165) is 22.5 Å². The van der Waals surface area contributed by atoms with Gasteiger partial charge in [0.1, 0.15) is 0 Å². The minimum absolute atomic E-state index is 0.00185. The van der Waals surface area contributed by atoms with Crippen LogP contribution in [0.5, 0.6) is 0 Å². The van der Waals surface area contributed by atoms with E-state index in [1.54, 1.807) is 24.3 Å². The second kappa shape index (κ2) is 12.8. The monoisotopic (exact) mass is 568 g/mol. The lowest BCUT2D eigenvalue weighted by Crippen LogP contribution is -2.49. The predicted octanol–water partition coefficient (Wildman–Crippen LogP) is 5.95. The summed E-state index contributed by atoms with van der Waals surface area (Å²) in [6.45, 7) is 2.52. The van der Waals surface area contributed by atoms with E-state index in [1.807, 2.05) is 89.8 Å². The van der Waals surface area contributed by atoms with Gasteiger partial charge in [0.05, 0.1) is 17.3 Å². The first-order chi connectivity index (χ1) is 19.5. The molecule has 1 heterocycles. The van der Waals surface area contributed by atoms with Gasteiger partial charge < -0.3 is 20.4 Å². The fourth-order valence-electron chi connectivity index (χ4n) is 4.90. The summed E-state index contributed by atoms with van der Waals surface area (Å²) in [6.07, 6.45) is 0. The summed E-state index contributed by atoms with van der Waals surface area (Å²) in [6, 6.07) is 34.2. The fraction of sp³-hybridized carbons (Fsp3) is 0.156. The van der Waals surface area contributed by atoms with Crippen LogP contribution in [-0.4, -0.2) is 48.0 Å². The maximum Gasteiger partial charge on any atom is 0.253 e. The number of rotatable bonds is 6. The number of halogens is 1. The van der Waals surface area contributed by atoms with E-state index in [9.17, 15) is 9.59 Å². The molecule has 4 aromatic carbocycles. The van der Waals surface area contributed by atoms with E-state index in [0.29, 0.717) is 36.8 Å². The molecule has 1 saturated heterocycles. The van der Waals surface area contributed by atoms with Gasteiger partial charge in [-0.05, 0) is 59.7 Å². The molecule has 1 aliphatic heterocycles. The highest BCUT2D eigenvalue weighted by Crippen LogP contribution is 2.28. The van der Waals surface area contributed by atoms with Crippen LogP contribution >= 0.6 is 23.8 Å². The van der Waals surface area contributed by atoms with Gasteiger partial charge in [-0.25, -0.2) is 0 Å². The van der Waals surface area contributed by atoms with Gasteiger partial charge in [-0.15, -0.1) is 0 Å². The Morgan fingerprint density at radius 3 is 1.88 bits per heavy atom. The highest BCUT2D eigenvalue weighted by Gasteiger charge is 2.25. The molecule has 0 saturated carbocycles. The SMILES string of the molecule is O=C(NC(=S)Nc1ccccc1N1CCN(C(=O)c2ccc(Cl)cc2)CC1)C(c1ccccc1)c1ccccc1. The van der Waals surface area contributed by atoms with Crippen molar-refractivity contribution in [3.63, 3.8) is 0 Å². The first-order valence-electron chi connectivity index (χ1n) is 13.1. The average Bonchev–Trinajstić information content (AvgIpc) is 2.99. The summed E-state index contributed by atoms with van der Waals surface area (Å²) in [5.41, 5.74) is 4.16. The molecule has 4 aromatic rings. The number of thiocarbonyl (C=S) groups is 1. The molecule has 1 aliphatic rings. The van der Waals surface area contributed by atoms with E-state index in [4.69, 9.17) is 23.8 Å². The Hall–Kier alpha value is -4.20. The zero-order valence-corrected chi connectivity index (χ0v) is 23.4. The van der Waals surface area contributed by atoms with Crippen LogP contribution in [0.15, 0.2) is 109 Å². The van der Waals surface area contributed by atoms with Crippen LogP contribution < -0.4 is 15.5 Å². The molecule has 40 heavy (non-hydrogen) atoms. The summed E-state index contributed by atoms with van der Waals surface area (Å²) >= 11 is 11.6. The topological polar surface area (TPSA) is 64.7 Å². The molecule has 0 atom stereocenters. The summed E-state index contributed by atoms with van der Waals surface area (Å²) in [4.78, 5) is 30.5. The summed E-state index contributed by atoms with van der Waals surface area (Å²) in [5.74, 6) is -0.705. The van der Waals surface area contributed by atoms with Crippen molar-refractivity contribution < 1.29 is 9.59 Å². The smallest absolute Gasteiger partial charge is 0.253 e. The minimum atomic E-state index is -0.497. The van der Waals surface area contributed by atoms with Crippen LogP contribution in [0.4, 0.5) is 11.4 Å². The maximum absolute atomic E-state index is 13.5. The number of carbonyl (C=O) groups is 2. The van der Waals surface area contributed by atoms with E-state index < -0.39 is 5.92 Å². The molecule has 0 unspecified atom stereocenters. The zero-order chi connectivity index (χ0) is 27.9. The third kappa shape index (κ3) is 6.50. The van der Waals surface area contributed by atoms with Crippen molar-refractivity contribution in [1.29, 1.82) is 0 Å². The number of amides is 2. The molecule has 8 heteroatoms.